The minimum atomic E-state index is -1.17. The van der Waals surface area contributed by atoms with E-state index in [0.29, 0.717) is 0 Å². The normalized spacial score (nSPS) is 11.4. The van der Waals surface area contributed by atoms with Crippen molar-refractivity contribution < 1.29 is 19.1 Å². The van der Waals surface area contributed by atoms with Gasteiger partial charge in [0, 0.05) is 0 Å². The number of carbonyl (C=O) groups is 3. The number of alkyl carbamates (subject to hydrolysis) is 1. The van der Waals surface area contributed by atoms with Crippen molar-refractivity contribution in [1.82, 2.24) is 5.32 Å². The summed E-state index contributed by atoms with van der Waals surface area (Å²) in [5.41, 5.74) is 11.0. The molecule has 19 heavy (non-hydrogen) atoms. The maximum absolute atomic E-state index is 11.4. The average molecular weight is 265 g/mol. The smallest absolute Gasteiger partial charge is 0.414 e. The summed E-state index contributed by atoms with van der Waals surface area (Å²) in [6, 6.07) is 7.80. The molecule has 7 nitrogen and oxygen atoms in total. The highest BCUT2D eigenvalue weighted by Gasteiger charge is 2.18. The lowest BCUT2D eigenvalue weighted by Crippen LogP contribution is -2.45. The molecule has 0 heterocycles. The Labute approximate surface area is 109 Å². The molecule has 0 bridgehead atoms. The van der Waals surface area contributed by atoms with Gasteiger partial charge in [0.05, 0.1) is 12.5 Å². The molecule has 0 radical (unpaired) electrons. The Kier molecular flexibility index (Phi) is 5.49. The van der Waals surface area contributed by atoms with Crippen molar-refractivity contribution in [3.8, 4) is 0 Å². The SMILES string of the molecule is NC(=O)C[C@H](N)C(=O)NC(=O)OCc1ccccc1. The van der Waals surface area contributed by atoms with Crippen LogP contribution in [0.4, 0.5) is 4.79 Å². The van der Waals surface area contributed by atoms with Gasteiger partial charge >= 0.3 is 6.09 Å². The molecule has 3 amide bonds. The van der Waals surface area contributed by atoms with Crippen molar-refractivity contribution in [2.24, 2.45) is 11.5 Å². The van der Waals surface area contributed by atoms with E-state index in [9.17, 15) is 14.4 Å². The second-order valence-electron chi connectivity index (χ2n) is 3.83. The molecule has 0 aliphatic rings. The maximum atomic E-state index is 11.4. The van der Waals surface area contributed by atoms with Gasteiger partial charge in [0.1, 0.15) is 6.61 Å². The number of hydrogen-bond acceptors (Lipinski definition) is 5. The maximum Gasteiger partial charge on any atom is 0.414 e. The number of imide groups is 1. The Morgan fingerprint density at radius 1 is 1.21 bits per heavy atom. The number of nitrogens with two attached hydrogens (primary N) is 2. The fourth-order valence-electron chi connectivity index (χ4n) is 1.26. The molecule has 7 heteroatoms. The van der Waals surface area contributed by atoms with Crippen molar-refractivity contribution >= 4 is 17.9 Å². The fraction of sp³-hybridized carbons (Fsp3) is 0.250. The topological polar surface area (TPSA) is 125 Å². The first-order valence-corrected chi connectivity index (χ1v) is 5.54. The minimum Gasteiger partial charge on any atom is -0.444 e. The third kappa shape index (κ3) is 5.64. The molecule has 1 aromatic carbocycles. The van der Waals surface area contributed by atoms with Crippen LogP contribution in [0.1, 0.15) is 12.0 Å². The second kappa shape index (κ2) is 7.12. The van der Waals surface area contributed by atoms with Crippen molar-refractivity contribution in [3.05, 3.63) is 35.9 Å². The molecule has 1 aromatic rings. The Morgan fingerprint density at radius 2 is 1.84 bits per heavy atom. The van der Waals surface area contributed by atoms with Crippen LogP contribution in [0, 0.1) is 0 Å². The molecule has 0 fully saturated rings. The van der Waals surface area contributed by atoms with Crippen molar-refractivity contribution in [3.63, 3.8) is 0 Å². The number of rotatable bonds is 5. The summed E-state index contributed by atoms with van der Waals surface area (Å²) >= 11 is 0. The van der Waals surface area contributed by atoms with Gasteiger partial charge in [-0.2, -0.15) is 0 Å². The standard InChI is InChI=1S/C12H15N3O4/c13-9(6-10(14)16)11(17)15-12(18)19-7-8-4-2-1-3-5-8/h1-5,9H,6-7,13H2,(H2,14,16)(H,15,17,18)/t9-/m0/s1. The third-order valence-electron chi connectivity index (χ3n) is 2.20. The average Bonchev–Trinajstić information content (AvgIpc) is 2.36. The Balaban J connectivity index is 2.35. The Bertz CT molecular complexity index is 461. The van der Waals surface area contributed by atoms with E-state index >= 15 is 0 Å². The quantitative estimate of drug-likeness (QED) is 0.670. The van der Waals surface area contributed by atoms with Crippen LogP contribution in [0.25, 0.3) is 0 Å². The highest BCUT2D eigenvalue weighted by Crippen LogP contribution is 2.00. The molecule has 1 rings (SSSR count). The van der Waals surface area contributed by atoms with Crippen LogP contribution in [-0.4, -0.2) is 23.9 Å². The zero-order valence-corrected chi connectivity index (χ0v) is 10.2. The zero-order chi connectivity index (χ0) is 14.3. The van der Waals surface area contributed by atoms with Gasteiger partial charge in [-0.25, -0.2) is 4.79 Å². The molecule has 0 spiro atoms. The fourth-order valence-corrected chi connectivity index (χ4v) is 1.26. The predicted molar refractivity (Wildman–Crippen MR) is 66.6 cm³/mol. The summed E-state index contributed by atoms with van der Waals surface area (Å²) < 4.78 is 4.81. The first-order valence-electron chi connectivity index (χ1n) is 5.54. The van der Waals surface area contributed by atoms with Gasteiger partial charge in [-0.1, -0.05) is 30.3 Å². The zero-order valence-electron chi connectivity index (χ0n) is 10.2. The summed E-state index contributed by atoms with van der Waals surface area (Å²) in [6.07, 6.45) is -1.26. The first kappa shape index (κ1) is 14.7. The van der Waals surface area contributed by atoms with Crippen LogP contribution in [-0.2, 0) is 20.9 Å². The van der Waals surface area contributed by atoms with Crippen molar-refractivity contribution in [1.29, 1.82) is 0 Å². The number of primary amides is 1. The monoisotopic (exact) mass is 265 g/mol. The Hall–Kier alpha value is -2.41. The number of hydrogen-bond donors (Lipinski definition) is 3. The molecule has 0 saturated heterocycles. The summed E-state index contributed by atoms with van der Waals surface area (Å²) in [6.45, 7) is 0.0327. The van der Waals surface area contributed by atoms with Gasteiger partial charge in [-0.05, 0) is 5.56 Å². The second-order valence-corrected chi connectivity index (χ2v) is 3.83. The molecule has 102 valence electrons. The van der Waals surface area contributed by atoms with Crippen LogP contribution < -0.4 is 16.8 Å². The van der Waals surface area contributed by atoms with Crippen LogP contribution in [0.15, 0.2) is 30.3 Å². The van der Waals surface area contributed by atoms with E-state index in [1.165, 1.54) is 0 Å². The van der Waals surface area contributed by atoms with E-state index in [-0.39, 0.29) is 13.0 Å². The lowest BCUT2D eigenvalue weighted by molar-refractivity contribution is -0.125. The molecular weight excluding hydrogens is 250 g/mol. The van der Waals surface area contributed by atoms with Gasteiger partial charge in [0.15, 0.2) is 0 Å². The number of amides is 3. The molecule has 0 aliphatic heterocycles. The van der Waals surface area contributed by atoms with E-state index in [1.54, 1.807) is 24.3 Å². The van der Waals surface area contributed by atoms with E-state index in [0.717, 1.165) is 5.56 Å². The van der Waals surface area contributed by atoms with Gasteiger partial charge in [-0.15, -0.1) is 0 Å². The van der Waals surface area contributed by atoms with Crippen LogP contribution in [0.5, 0.6) is 0 Å². The molecule has 0 aliphatic carbocycles. The van der Waals surface area contributed by atoms with Gasteiger partial charge < -0.3 is 16.2 Å². The minimum absolute atomic E-state index is 0.0327. The summed E-state index contributed by atoms with van der Waals surface area (Å²) in [5, 5.41) is 1.92. The molecule has 1 atom stereocenters. The summed E-state index contributed by atoms with van der Waals surface area (Å²) in [4.78, 5) is 33.2. The van der Waals surface area contributed by atoms with E-state index in [1.807, 2.05) is 11.4 Å². The number of ether oxygens (including phenoxy) is 1. The molecule has 0 aromatic heterocycles. The summed E-state index contributed by atoms with van der Waals surface area (Å²) in [5.74, 6) is -1.53. The van der Waals surface area contributed by atoms with E-state index in [2.05, 4.69) is 0 Å². The number of nitrogens with one attached hydrogen (secondary N) is 1. The lowest BCUT2D eigenvalue weighted by atomic mass is 10.2. The van der Waals surface area contributed by atoms with E-state index < -0.39 is 23.9 Å². The highest BCUT2D eigenvalue weighted by molar-refractivity contribution is 5.96. The summed E-state index contributed by atoms with van der Waals surface area (Å²) in [7, 11) is 0. The molecule has 5 N–H and O–H groups in total. The largest absolute Gasteiger partial charge is 0.444 e. The van der Waals surface area contributed by atoms with Crippen molar-refractivity contribution in [2.75, 3.05) is 0 Å². The van der Waals surface area contributed by atoms with Gasteiger partial charge in [-0.3, -0.25) is 14.9 Å². The van der Waals surface area contributed by atoms with Gasteiger partial charge in [0.2, 0.25) is 11.8 Å². The van der Waals surface area contributed by atoms with Crippen molar-refractivity contribution in [2.45, 2.75) is 19.1 Å². The molecule has 0 unspecified atom stereocenters. The van der Waals surface area contributed by atoms with E-state index in [4.69, 9.17) is 16.2 Å². The Morgan fingerprint density at radius 3 is 2.42 bits per heavy atom. The third-order valence-corrected chi connectivity index (χ3v) is 2.20. The van der Waals surface area contributed by atoms with Crippen LogP contribution in [0.3, 0.4) is 0 Å². The number of benzene rings is 1. The van der Waals surface area contributed by atoms with Crippen LogP contribution >= 0.6 is 0 Å². The molecular formula is C12H15N3O4. The first-order chi connectivity index (χ1) is 8.99. The predicted octanol–water partition coefficient (Wildman–Crippen LogP) is -0.358. The van der Waals surface area contributed by atoms with Gasteiger partial charge in [0.25, 0.3) is 0 Å². The van der Waals surface area contributed by atoms with Crippen LogP contribution in [0.2, 0.25) is 0 Å². The lowest BCUT2D eigenvalue weighted by Gasteiger charge is -2.10. The highest BCUT2D eigenvalue weighted by atomic mass is 16.5. The molecule has 0 saturated carbocycles. The number of carbonyl (C=O) groups excluding carboxylic acids is 3.